The molecule has 5 heteroatoms. The Hall–Kier alpha value is -1.52. The Morgan fingerprint density at radius 2 is 1.65 bits per heavy atom. The summed E-state index contributed by atoms with van der Waals surface area (Å²) in [6.07, 6.45) is 0.144. The van der Waals surface area contributed by atoms with Crippen LogP contribution in [-0.4, -0.2) is 11.1 Å². The molecule has 1 aromatic rings. The van der Waals surface area contributed by atoms with Crippen LogP contribution in [0.1, 0.15) is 32.3 Å². The summed E-state index contributed by atoms with van der Waals surface area (Å²) in [6.45, 7) is 4.00. The molecule has 0 fully saturated rings. The van der Waals surface area contributed by atoms with Crippen molar-refractivity contribution in [3.63, 3.8) is 0 Å². The van der Waals surface area contributed by atoms with E-state index in [1.54, 1.807) is 0 Å². The fourth-order valence-electron chi connectivity index (χ4n) is 1.19. The predicted octanol–water partition coefficient (Wildman–Crippen LogP) is 3.54. The molecule has 0 aliphatic rings. The Morgan fingerprint density at radius 3 is 2.18 bits per heavy atom. The normalized spacial score (nSPS) is 9.47. The van der Waals surface area contributed by atoms with Gasteiger partial charge in [0.1, 0.15) is 5.82 Å². The lowest BCUT2D eigenvalue weighted by Gasteiger charge is -2.02. The molecule has 0 aromatic heterocycles. The van der Waals surface area contributed by atoms with Gasteiger partial charge < -0.3 is 5.11 Å². The highest BCUT2D eigenvalue weighted by atomic mass is 19.2. The first kappa shape index (κ1) is 15.5. The molecule has 0 aliphatic carbocycles. The van der Waals surface area contributed by atoms with E-state index >= 15 is 0 Å². The van der Waals surface area contributed by atoms with E-state index in [1.807, 2.05) is 13.8 Å². The van der Waals surface area contributed by atoms with E-state index in [9.17, 15) is 18.0 Å². The van der Waals surface area contributed by atoms with Crippen molar-refractivity contribution in [2.45, 2.75) is 33.1 Å². The molecule has 1 rings (SSSR count). The number of aliphatic carboxylic acids is 1. The Bertz CT molecular complexity index is 378. The summed E-state index contributed by atoms with van der Waals surface area (Å²) in [5.41, 5.74) is -0.00449. The number of aryl methyl sites for hydroxylation is 1. The van der Waals surface area contributed by atoms with Gasteiger partial charge in [0.2, 0.25) is 0 Å². The molecule has 0 aliphatic heterocycles. The molecular weight excluding hydrogens is 233 g/mol. The van der Waals surface area contributed by atoms with Gasteiger partial charge >= 0.3 is 5.97 Å². The van der Waals surface area contributed by atoms with Crippen LogP contribution in [0.5, 0.6) is 0 Å². The molecule has 0 radical (unpaired) electrons. The van der Waals surface area contributed by atoms with Crippen LogP contribution in [0, 0.1) is 17.5 Å². The largest absolute Gasteiger partial charge is 0.481 e. The van der Waals surface area contributed by atoms with Gasteiger partial charge in [0.15, 0.2) is 11.6 Å². The average Bonchev–Trinajstić information content (AvgIpc) is 2.28. The van der Waals surface area contributed by atoms with E-state index < -0.39 is 23.4 Å². The van der Waals surface area contributed by atoms with Crippen LogP contribution in [0.4, 0.5) is 13.2 Å². The molecule has 0 spiro atoms. The molecule has 2 nitrogen and oxygen atoms in total. The van der Waals surface area contributed by atoms with Crippen molar-refractivity contribution in [1.29, 1.82) is 0 Å². The number of carbonyl (C=O) groups is 1. The minimum Gasteiger partial charge on any atom is -0.481 e. The molecular formula is C12H15F3O2. The van der Waals surface area contributed by atoms with E-state index in [-0.39, 0.29) is 24.8 Å². The maximum atomic E-state index is 13.0. The molecule has 96 valence electrons. The summed E-state index contributed by atoms with van der Waals surface area (Å²) in [7, 11) is 0. The van der Waals surface area contributed by atoms with Crippen molar-refractivity contribution in [1.82, 2.24) is 0 Å². The van der Waals surface area contributed by atoms with Crippen LogP contribution in [0.15, 0.2) is 12.1 Å². The second-order valence-electron chi connectivity index (χ2n) is 3.11. The molecule has 0 saturated heterocycles. The predicted molar refractivity (Wildman–Crippen MR) is 58.2 cm³/mol. The summed E-state index contributed by atoms with van der Waals surface area (Å²) < 4.78 is 38.2. The standard InChI is InChI=1S/C10H9F3O2.C2H6/c11-7-5-9(13)8(12)4-6(7)2-1-3-10(14)15;1-2/h4-5H,1-3H2,(H,14,15);1-2H3. The monoisotopic (exact) mass is 248 g/mol. The van der Waals surface area contributed by atoms with E-state index in [4.69, 9.17) is 5.11 Å². The van der Waals surface area contributed by atoms with Gasteiger partial charge in [0, 0.05) is 12.5 Å². The molecule has 17 heavy (non-hydrogen) atoms. The number of halogens is 3. The molecule has 0 saturated carbocycles. The Kier molecular flexibility index (Phi) is 7.02. The number of hydrogen-bond donors (Lipinski definition) is 1. The first-order valence-electron chi connectivity index (χ1n) is 5.36. The minimum atomic E-state index is -1.24. The Morgan fingerprint density at radius 1 is 1.12 bits per heavy atom. The summed E-state index contributed by atoms with van der Waals surface area (Å²) in [5, 5.41) is 8.33. The topological polar surface area (TPSA) is 37.3 Å². The van der Waals surface area contributed by atoms with Crippen LogP contribution in [0.3, 0.4) is 0 Å². The van der Waals surface area contributed by atoms with Crippen molar-refractivity contribution in [3.05, 3.63) is 35.1 Å². The molecule has 1 aromatic carbocycles. The van der Waals surface area contributed by atoms with Gasteiger partial charge in [-0.1, -0.05) is 13.8 Å². The highest BCUT2D eigenvalue weighted by molar-refractivity contribution is 5.66. The highest BCUT2D eigenvalue weighted by Crippen LogP contribution is 2.15. The second-order valence-corrected chi connectivity index (χ2v) is 3.11. The van der Waals surface area contributed by atoms with Gasteiger partial charge in [-0.15, -0.1) is 0 Å². The average molecular weight is 248 g/mol. The van der Waals surface area contributed by atoms with E-state index in [1.165, 1.54) is 0 Å². The molecule has 0 bridgehead atoms. The van der Waals surface area contributed by atoms with Gasteiger partial charge in [-0.25, -0.2) is 13.2 Å². The zero-order valence-electron chi connectivity index (χ0n) is 9.77. The lowest BCUT2D eigenvalue weighted by Crippen LogP contribution is -1.99. The summed E-state index contributed by atoms with van der Waals surface area (Å²) in [5.74, 6) is -4.21. The van der Waals surface area contributed by atoms with Crippen LogP contribution in [-0.2, 0) is 11.2 Å². The quantitative estimate of drug-likeness (QED) is 0.827. The Balaban J connectivity index is 0.00000121. The van der Waals surface area contributed by atoms with Crippen LogP contribution in [0.2, 0.25) is 0 Å². The lowest BCUT2D eigenvalue weighted by molar-refractivity contribution is -0.137. The maximum absolute atomic E-state index is 13.0. The smallest absolute Gasteiger partial charge is 0.303 e. The number of rotatable bonds is 4. The van der Waals surface area contributed by atoms with Crippen molar-refractivity contribution >= 4 is 5.97 Å². The third kappa shape index (κ3) is 5.38. The van der Waals surface area contributed by atoms with Crippen LogP contribution in [0.25, 0.3) is 0 Å². The van der Waals surface area contributed by atoms with Crippen molar-refractivity contribution in [3.8, 4) is 0 Å². The molecule has 0 amide bonds. The van der Waals surface area contributed by atoms with Gasteiger partial charge in [-0.3, -0.25) is 4.79 Å². The molecule has 1 N–H and O–H groups in total. The minimum absolute atomic E-state index is 0.00449. The first-order valence-corrected chi connectivity index (χ1v) is 5.36. The fraction of sp³-hybridized carbons (Fsp3) is 0.417. The zero-order valence-corrected chi connectivity index (χ0v) is 9.77. The SMILES string of the molecule is CC.O=C(O)CCCc1cc(F)c(F)cc1F. The van der Waals surface area contributed by atoms with Crippen molar-refractivity contribution < 1.29 is 23.1 Å². The van der Waals surface area contributed by atoms with Gasteiger partial charge in [-0.2, -0.15) is 0 Å². The molecule has 0 unspecified atom stereocenters. The van der Waals surface area contributed by atoms with Crippen LogP contribution < -0.4 is 0 Å². The third-order valence-corrected chi connectivity index (χ3v) is 1.93. The van der Waals surface area contributed by atoms with Gasteiger partial charge in [-0.05, 0) is 24.5 Å². The maximum Gasteiger partial charge on any atom is 0.303 e. The second kappa shape index (κ2) is 7.70. The van der Waals surface area contributed by atoms with Gasteiger partial charge in [0.25, 0.3) is 0 Å². The van der Waals surface area contributed by atoms with Crippen molar-refractivity contribution in [2.24, 2.45) is 0 Å². The van der Waals surface area contributed by atoms with E-state index in [0.29, 0.717) is 6.07 Å². The van der Waals surface area contributed by atoms with Crippen molar-refractivity contribution in [2.75, 3.05) is 0 Å². The number of hydrogen-bond acceptors (Lipinski definition) is 1. The summed E-state index contributed by atoms with van der Waals surface area (Å²) in [6, 6.07) is 1.22. The number of benzene rings is 1. The summed E-state index contributed by atoms with van der Waals surface area (Å²) in [4.78, 5) is 10.2. The first-order chi connectivity index (χ1) is 8.00. The van der Waals surface area contributed by atoms with Gasteiger partial charge in [0.05, 0.1) is 0 Å². The Labute approximate surface area is 98.1 Å². The lowest BCUT2D eigenvalue weighted by atomic mass is 10.1. The third-order valence-electron chi connectivity index (χ3n) is 1.93. The fourth-order valence-corrected chi connectivity index (χ4v) is 1.19. The zero-order chi connectivity index (χ0) is 13.4. The molecule has 0 heterocycles. The number of carboxylic acid groups (broad SMARTS) is 1. The number of carboxylic acids is 1. The summed E-state index contributed by atoms with van der Waals surface area (Å²) >= 11 is 0. The molecule has 0 atom stereocenters. The van der Waals surface area contributed by atoms with E-state index in [2.05, 4.69) is 0 Å². The van der Waals surface area contributed by atoms with Crippen LogP contribution >= 0.6 is 0 Å². The van der Waals surface area contributed by atoms with E-state index in [0.717, 1.165) is 6.07 Å². The highest BCUT2D eigenvalue weighted by Gasteiger charge is 2.09.